The zero-order valence-corrected chi connectivity index (χ0v) is 10.4. The number of nitrogens with one attached hydrogen (secondary N) is 1. The normalized spacial score (nSPS) is 15.2. The van der Waals surface area contributed by atoms with Crippen LogP contribution in [0.3, 0.4) is 0 Å². The van der Waals surface area contributed by atoms with E-state index in [1.807, 2.05) is 0 Å². The summed E-state index contributed by atoms with van der Waals surface area (Å²) in [6.07, 6.45) is 5.51. The van der Waals surface area contributed by atoms with Crippen LogP contribution in [0.5, 0.6) is 0 Å². The summed E-state index contributed by atoms with van der Waals surface area (Å²) in [6, 6.07) is 0. The molecule has 2 rings (SSSR count). The predicted octanol–water partition coefficient (Wildman–Crippen LogP) is -0.0263. The van der Waals surface area contributed by atoms with Gasteiger partial charge in [0, 0.05) is 32.4 Å². The Hall–Kier alpha value is -1.36. The van der Waals surface area contributed by atoms with E-state index in [1.54, 1.807) is 13.2 Å². The molecule has 1 aromatic rings. The Labute approximate surface area is 100 Å². The van der Waals surface area contributed by atoms with Gasteiger partial charge in [0.2, 0.25) is 0 Å². The van der Waals surface area contributed by atoms with Crippen molar-refractivity contribution in [2.24, 2.45) is 20.0 Å². The first-order valence-electron chi connectivity index (χ1n) is 6.06. The third kappa shape index (κ3) is 2.85. The lowest BCUT2D eigenvalue weighted by Gasteiger charge is -2.07. The van der Waals surface area contributed by atoms with Gasteiger partial charge in [0.05, 0.1) is 0 Å². The largest absolute Gasteiger partial charge is 0.330 e. The van der Waals surface area contributed by atoms with Gasteiger partial charge in [-0.1, -0.05) is 12.8 Å². The highest BCUT2D eigenvalue weighted by atomic mass is 16.2. The van der Waals surface area contributed by atoms with Crippen molar-refractivity contribution >= 4 is 0 Å². The number of aryl methyl sites for hydroxylation is 1. The molecule has 0 unspecified atom stereocenters. The summed E-state index contributed by atoms with van der Waals surface area (Å²) in [5.41, 5.74) is 0.161. The van der Waals surface area contributed by atoms with Crippen LogP contribution in [0.4, 0.5) is 0 Å². The molecule has 1 aliphatic rings. The second-order valence-electron chi connectivity index (χ2n) is 4.82. The van der Waals surface area contributed by atoms with Crippen LogP contribution in [0.1, 0.15) is 24.8 Å². The standard InChI is InChI=1S/C12H19N3O2/c1-14-8-10(11(16)15(2)12(14)17)7-13-6-5-9-3-4-9/h8-9,13H,3-7H2,1-2H3. The summed E-state index contributed by atoms with van der Waals surface area (Å²) in [7, 11) is 3.17. The van der Waals surface area contributed by atoms with Crippen LogP contribution >= 0.6 is 0 Å². The maximum absolute atomic E-state index is 11.8. The van der Waals surface area contributed by atoms with E-state index < -0.39 is 0 Å². The fraction of sp³-hybridized carbons (Fsp3) is 0.667. The van der Waals surface area contributed by atoms with Crippen LogP contribution < -0.4 is 16.6 Å². The van der Waals surface area contributed by atoms with Gasteiger partial charge in [-0.2, -0.15) is 0 Å². The Morgan fingerprint density at radius 1 is 1.35 bits per heavy atom. The topological polar surface area (TPSA) is 56.0 Å². The third-order valence-electron chi connectivity index (χ3n) is 3.26. The molecule has 1 aromatic heterocycles. The van der Waals surface area contributed by atoms with E-state index in [1.165, 1.54) is 30.9 Å². The molecule has 5 heteroatoms. The van der Waals surface area contributed by atoms with Gasteiger partial charge in [-0.15, -0.1) is 0 Å². The van der Waals surface area contributed by atoms with Crippen LogP contribution in [-0.2, 0) is 20.6 Å². The molecule has 0 spiro atoms. The molecule has 0 atom stereocenters. The Bertz CT molecular complexity index is 511. The summed E-state index contributed by atoms with van der Waals surface area (Å²) < 4.78 is 2.59. The van der Waals surface area contributed by atoms with E-state index in [-0.39, 0.29) is 11.2 Å². The quantitative estimate of drug-likeness (QED) is 0.732. The molecule has 1 heterocycles. The van der Waals surface area contributed by atoms with Gasteiger partial charge in [-0.25, -0.2) is 4.79 Å². The molecule has 1 fully saturated rings. The second-order valence-corrected chi connectivity index (χ2v) is 4.82. The number of hydrogen-bond donors (Lipinski definition) is 1. The fourth-order valence-corrected chi connectivity index (χ4v) is 1.94. The number of hydrogen-bond acceptors (Lipinski definition) is 3. The molecule has 17 heavy (non-hydrogen) atoms. The zero-order valence-electron chi connectivity index (χ0n) is 10.4. The molecule has 94 valence electrons. The van der Waals surface area contributed by atoms with Crippen LogP contribution in [0.25, 0.3) is 0 Å². The molecule has 0 aromatic carbocycles. The van der Waals surface area contributed by atoms with Crippen molar-refractivity contribution in [3.05, 3.63) is 32.6 Å². The smallest absolute Gasteiger partial charge is 0.312 e. The SMILES string of the molecule is Cn1cc(CNCCC2CC2)c(=O)n(C)c1=O. The highest BCUT2D eigenvalue weighted by molar-refractivity contribution is 5.05. The summed E-state index contributed by atoms with van der Waals surface area (Å²) in [5.74, 6) is 0.894. The van der Waals surface area contributed by atoms with E-state index in [9.17, 15) is 9.59 Å². The molecular weight excluding hydrogens is 218 g/mol. The van der Waals surface area contributed by atoms with Crippen molar-refractivity contribution in [1.82, 2.24) is 14.5 Å². The summed E-state index contributed by atoms with van der Waals surface area (Å²) >= 11 is 0. The lowest BCUT2D eigenvalue weighted by Crippen LogP contribution is -2.39. The fourth-order valence-electron chi connectivity index (χ4n) is 1.94. The second kappa shape index (κ2) is 4.87. The van der Waals surface area contributed by atoms with Gasteiger partial charge in [-0.3, -0.25) is 9.36 Å². The molecule has 1 aliphatic carbocycles. The van der Waals surface area contributed by atoms with Gasteiger partial charge in [0.25, 0.3) is 5.56 Å². The maximum Gasteiger partial charge on any atom is 0.330 e. The number of aromatic nitrogens is 2. The van der Waals surface area contributed by atoms with Gasteiger partial charge in [0.15, 0.2) is 0 Å². The first-order valence-corrected chi connectivity index (χ1v) is 6.06. The number of nitrogens with zero attached hydrogens (tertiary/aromatic N) is 2. The first kappa shape index (κ1) is 12.1. The Morgan fingerprint density at radius 3 is 2.71 bits per heavy atom. The summed E-state index contributed by atoms with van der Waals surface area (Å²) in [4.78, 5) is 23.3. The van der Waals surface area contributed by atoms with Crippen LogP contribution in [0.15, 0.2) is 15.8 Å². The minimum absolute atomic E-state index is 0.202. The van der Waals surface area contributed by atoms with Crippen molar-refractivity contribution < 1.29 is 0 Å². The van der Waals surface area contributed by atoms with Gasteiger partial charge in [0.1, 0.15) is 0 Å². The van der Waals surface area contributed by atoms with Crippen molar-refractivity contribution in [2.75, 3.05) is 6.54 Å². The molecule has 0 aliphatic heterocycles. The van der Waals surface area contributed by atoms with Gasteiger partial charge in [-0.05, 0) is 18.9 Å². The molecule has 0 bridgehead atoms. The minimum Gasteiger partial charge on any atom is -0.312 e. The minimum atomic E-state index is -0.281. The van der Waals surface area contributed by atoms with E-state index in [4.69, 9.17) is 0 Å². The highest BCUT2D eigenvalue weighted by Crippen LogP contribution is 2.31. The average molecular weight is 237 g/mol. The van der Waals surface area contributed by atoms with E-state index in [0.29, 0.717) is 12.1 Å². The summed E-state index contributed by atoms with van der Waals surface area (Å²) in [6.45, 7) is 1.48. The molecular formula is C12H19N3O2. The molecule has 0 radical (unpaired) electrons. The van der Waals surface area contributed by atoms with E-state index in [0.717, 1.165) is 17.0 Å². The predicted molar refractivity (Wildman–Crippen MR) is 66.0 cm³/mol. The zero-order chi connectivity index (χ0) is 12.4. The first-order chi connectivity index (χ1) is 8.09. The highest BCUT2D eigenvalue weighted by Gasteiger charge is 2.20. The number of rotatable bonds is 5. The molecule has 5 nitrogen and oxygen atoms in total. The van der Waals surface area contributed by atoms with Crippen LogP contribution in [0, 0.1) is 5.92 Å². The van der Waals surface area contributed by atoms with Crippen molar-refractivity contribution in [3.63, 3.8) is 0 Å². The Morgan fingerprint density at radius 2 is 2.06 bits per heavy atom. The average Bonchev–Trinajstić information content (AvgIpc) is 3.12. The van der Waals surface area contributed by atoms with Crippen molar-refractivity contribution in [3.8, 4) is 0 Å². The monoisotopic (exact) mass is 237 g/mol. The third-order valence-corrected chi connectivity index (χ3v) is 3.26. The summed E-state index contributed by atoms with van der Waals surface area (Å²) in [5, 5.41) is 3.26. The van der Waals surface area contributed by atoms with Crippen molar-refractivity contribution in [1.29, 1.82) is 0 Å². The maximum atomic E-state index is 11.8. The molecule has 0 saturated heterocycles. The molecule has 1 saturated carbocycles. The Kier molecular flexibility index (Phi) is 3.47. The van der Waals surface area contributed by atoms with Gasteiger partial charge >= 0.3 is 5.69 Å². The van der Waals surface area contributed by atoms with Crippen LogP contribution in [0.2, 0.25) is 0 Å². The Balaban J connectivity index is 1.99. The van der Waals surface area contributed by atoms with E-state index >= 15 is 0 Å². The van der Waals surface area contributed by atoms with E-state index in [2.05, 4.69) is 5.32 Å². The van der Waals surface area contributed by atoms with Gasteiger partial charge < -0.3 is 9.88 Å². The lowest BCUT2D eigenvalue weighted by atomic mass is 10.3. The van der Waals surface area contributed by atoms with Crippen molar-refractivity contribution in [2.45, 2.75) is 25.8 Å². The van der Waals surface area contributed by atoms with Crippen LogP contribution in [-0.4, -0.2) is 15.7 Å². The lowest BCUT2D eigenvalue weighted by molar-refractivity contribution is 0.593. The molecule has 0 amide bonds. The molecule has 1 N–H and O–H groups in total.